The van der Waals surface area contributed by atoms with Crippen molar-refractivity contribution in [2.45, 2.75) is 13.0 Å². The maximum atomic E-state index is 13.8. The van der Waals surface area contributed by atoms with Gasteiger partial charge >= 0.3 is 5.97 Å². The lowest BCUT2D eigenvalue weighted by Gasteiger charge is -2.27. The molecule has 1 aliphatic rings. The van der Waals surface area contributed by atoms with E-state index in [0.29, 0.717) is 28.0 Å². The average Bonchev–Trinajstić information content (AvgIpc) is 3.42. The number of rotatable bonds is 6. The fourth-order valence-electron chi connectivity index (χ4n) is 4.33. The molecular formula is C28H20BrNO7. The molecule has 0 radical (unpaired) electrons. The topological polar surface area (TPSA) is 106 Å². The van der Waals surface area contributed by atoms with Crippen molar-refractivity contribution < 1.29 is 33.4 Å². The van der Waals surface area contributed by atoms with Gasteiger partial charge in [-0.25, -0.2) is 0 Å². The summed E-state index contributed by atoms with van der Waals surface area (Å²) in [6, 6.07) is 18.9. The molecule has 0 bridgehead atoms. The molecule has 1 aliphatic heterocycles. The SMILES string of the molecule is COc1ccc(N2C(=O)C(O)=C(C(=O)c3cc4cc(Br)ccc4o3)C2c2cccc(OC(C)=O)c2)cc1. The number of Topliss-reactive ketones (excluding diaryl/α,β-unsaturated/α-hetero) is 1. The van der Waals surface area contributed by atoms with Gasteiger partial charge in [-0.2, -0.15) is 0 Å². The third-order valence-electron chi connectivity index (χ3n) is 5.94. The zero-order valence-corrected chi connectivity index (χ0v) is 21.3. The van der Waals surface area contributed by atoms with E-state index >= 15 is 0 Å². The van der Waals surface area contributed by atoms with E-state index in [1.54, 1.807) is 72.8 Å². The Balaban J connectivity index is 1.65. The Morgan fingerprint density at radius 3 is 2.46 bits per heavy atom. The number of esters is 1. The zero-order chi connectivity index (χ0) is 26.3. The lowest BCUT2D eigenvalue weighted by atomic mass is 9.94. The van der Waals surface area contributed by atoms with Crippen molar-refractivity contribution >= 4 is 50.2 Å². The van der Waals surface area contributed by atoms with Crippen LogP contribution in [0.1, 0.15) is 29.1 Å². The number of fused-ring (bicyclic) bond motifs is 1. The Kier molecular flexibility index (Phi) is 6.31. The van der Waals surface area contributed by atoms with Crippen molar-refractivity contribution in [3.63, 3.8) is 0 Å². The molecule has 0 fully saturated rings. The van der Waals surface area contributed by atoms with E-state index < -0.39 is 29.5 Å². The van der Waals surface area contributed by atoms with Crippen molar-refractivity contribution in [2.75, 3.05) is 12.0 Å². The average molecular weight is 562 g/mol. The van der Waals surface area contributed by atoms with Gasteiger partial charge in [0.1, 0.15) is 17.1 Å². The first-order valence-corrected chi connectivity index (χ1v) is 12.0. The van der Waals surface area contributed by atoms with Gasteiger partial charge in [-0.15, -0.1) is 0 Å². The normalized spacial score (nSPS) is 15.4. The number of anilines is 1. The van der Waals surface area contributed by atoms with Crippen LogP contribution in [0.5, 0.6) is 11.5 Å². The number of aliphatic hydroxyl groups is 1. The third-order valence-corrected chi connectivity index (χ3v) is 6.43. The van der Waals surface area contributed by atoms with Gasteiger partial charge in [0.2, 0.25) is 5.78 Å². The summed E-state index contributed by atoms with van der Waals surface area (Å²) in [5.74, 6) is -1.82. The van der Waals surface area contributed by atoms with Gasteiger partial charge < -0.3 is 19.0 Å². The minimum absolute atomic E-state index is 0.0276. The van der Waals surface area contributed by atoms with E-state index in [9.17, 15) is 19.5 Å². The highest BCUT2D eigenvalue weighted by Crippen LogP contribution is 2.43. The van der Waals surface area contributed by atoms with Crippen LogP contribution < -0.4 is 14.4 Å². The predicted octanol–water partition coefficient (Wildman–Crippen LogP) is 5.91. The fourth-order valence-corrected chi connectivity index (χ4v) is 4.71. The van der Waals surface area contributed by atoms with Crippen LogP contribution in [0.4, 0.5) is 5.69 Å². The molecule has 37 heavy (non-hydrogen) atoms. The summed E-state index contributed by atoms with van der Waals surface area (Å²) in [4.78, 5) is 40.0. The number of ether oxygens (including phenoxy) is 2. The van der Waals surface area contributed by atoms with Gasteiger partial charge in [0.05, 0.1) is 18.7 Å². The number of hydrogen-bond acceptors (Lipinski definition) is 7. The monoisotopic (exact) mass is 561 g/mol. The van der Waals surface area contributed by atoms with Crippen LogP contribution >= 0.6 is 15.9 Å². The molecule has 5 rings (SSSR count). The van der Waals surface area contributed by atoms with Crippen molar-refractivity contribution in [1.29, 1.82) is 0 Å². The van der Waals surface area contributed by atoms with Crippen LogP contribution in [0, 0.1) is 0 Å². The first kappa shape index (κ1) is 24.3. The quantitative estimate of drug-likeness (QED) is 0.177. The minimum atomic E-state index is -1.02. The van der Waals surface area contributed by atoms with E-state index in [1.165, 1.54) is 18.9 Å². The van der Waals surface area contributed by atoms with Gasteiger partial charge in [0.25, 0.3) is 5.91 Å². The van der Waals surface area contributed by atoms with Crippen LogP contribution in [0.2, 0.25) is 0 Å². The molecule has 1 N–H and O–H groups in total. The van der Waals surface area contributed by atoms with Gasteiger partial charge in [0.15, 0.2) is 11.5 Å². The minimum Gasteiger partial charge on any atom is -0.503 e. The highest BCUT2D eigenvalue weighted by atomic mass is 79.9. The molecule has 186 valence electrons. The zero-order valence-electron chi connectivity index (χ0n) is 19.7. The second kappa shape index (κ2) is 9.59. The molecule has 9 heteroatoms. The standard InChI is InChI=1S/C28H20BrNO7/c1-15(31)36-21-5-3-4-16(13-21)25-24(26(32)23-14-17-12-18(29)6-11-22(17)37-23)27(33)28(34)30(25)19-7-9-20(35-2)10-8-19/h3-14,25,33H,1-2H3. The predicted molar refractivity (Wildman–Crippen MR) is 139 cm³/mol. The van der Waals surface area contributed by atoms with Crippen LogP contribution in [0.15, 0.2) is 93.0 Å². The molecular weight excluding hydrogens is 542 g/mol. The first-order valence-electron chi connectivity index (χ1n) is 11.2. The molecule has 1 aromatic heterocycles. The number of amides is 1. The Bertz CT molecular complexity index is 1590. The molecule has 0 saturated carbocycles. The van der Waals surface area contributed by atoms with E-state index in [-0.39, 0.29) is 17.1 Å². The largest absolute Gasteiger partial charge is 0.503 e. The van der Waals surface area contributed by atoms with E-state index in [0.717, 1.165) is 4.47 Å². The Labute approximate surface area is 219 Å². The molecule has 0 saturated heterocycles. The summed E-state index contributed by atoms with van der Waals surface area (Å²) in [5.41, 5.74) is 1.21. The van der Waals surface area contributed by atoms with Crippen LogP contribution in [0.25, 0.3) is 11.0 Å². The Hall–Kier alpha value is -4.37. The number of hydrogen-bond donors (Lipinski definition) is 1. The molecule has 8 nitrogen and oxygen atoms in total. The number of ketones is 1. The highest BCUT2D eigenvalue weighted by molar-refractivity contribution is 9.10. The molecule has 1 amide bonds. The van der Waals surface area contributed by atoms with Gasteiger partial charge in [-0.3, -0.25) is 19.3 Å². The summed E-state index contributed by atoms with van der Waals surface area (Å²) >= 11 is 3.40. The highest BCUT2D eigenvalue weighted by Gasteiger charge is 2.45. The number of carbonyl (C=O) groups excluding carboxylic acids is 3. The van der Waals surface area contributed by atoms with Crippen LogP contribution in [-0.4, -0.2) is 29.9 Å². The van der Waals surface area contributed by atoms with Crippen molar-refractivity contribution in [3.8, 4) is 11.5 Å². The van der Waals surface area contributed by atoms with Gasteiger partial charge in [-0.1, -0.05) is 28.1 Å². The lowest BCUT2D eigenvalue weighted by molar-refractivity contribution is -0.131. The van der Waals surface area contributed by atoms with E-state index in [4.69, 9.17) is 13.9 Å². The van der Waals surface area contributed by atoms with Crippen molar-refractivity contribution in [3.05, 3.63) is 99.9 Å². The van der Waals surface area contributed by atoms with E-state index in [2.05, 4.69) is 15.9 Å². The molecule has 0 aliphatic carbocycles. The number of furan rings is 1. The van der Waals surface area contributed by atoms with Gasteiger partial charge in [-0.05, 0) is 66.2 Å². The number of carbonyl (C=O) groups is 3. The molecule has 2 heterocycles. The van der Waals surface area contributed by atoms with E-state index in [1.807, 2.05) is 0 Å². The maximum Gasteiger partial charge on any atom is 0.308 e. The molecule has 1 atom stereocenters. The lowest BCUT2D eigenvalue weighted by Crippen LogP contribution is -2.31. The summed E-state index contributed by atoms with van der Waals surface area (Å²) in [7, 11) is 1.52. The summed E-state index contributed by atoms with van der Waals surface area (Å²) in [5, 5.41) is 11.7. The summed E-state index contributed by atoms with van der Waals surface area (Å²) < 4.78 is 17.0. The molecule has 0 spiro atoms. The van der Waals surface area contributed by atoms with Crippen molar-refractivity contribution in [2.24, 2.45) is 0 Å². The second-order valence-electron chi connectivity index (χ2n) is 8.33. The number of halogens is 1. The molecule has 4 aromatic rings. The Morgan fingerprint density at radius 2 is 1.76 bits per heavy atom. The van der Waals surface area contributed by atoms with Gasteiger partial charge in [0, 0.05) is 22.5 Å². The number of aliphatic hydroxyl groups excluding tert-OH is 1. The number of benzene rings is 3. The third kappa shape index (κ3) is 4.49. The fraction of sp³-hybridized carbons (Fsp3) is 0.107. The van der Waals surface area contributed by atoms with Crippen LogP contribution in [-0.2, 0) is 9.59 Å². The maximum absolute atomic E-state index is 13.8. The Morgan fingerprint density at radius 1 is 1.00 bits per heavy atom. The number of methoxy groups -OCH3 is 1. The summed E-state index contributed by atoms with van der Waals surface area (Å²) in [6.45, 7) is 1.27. The first-order chi connectivity index (χ1) is 17.8. The van der Waals surface area contributed by atoms with Crippen molar-refractivity contribution in [1.82, 2.24) is 0 Å². The van der Waals surface area contributed by atoms with Crippen LogP contribution in [0.3, 0.4) is 0 Å². The number of nitrogens with zero attached hydrogens (tertiary/aromatic N) is 1. The molecule has 3 aromatic carbocycles. The molecule has 1 unspecified atom stereocenters. The smallest absolute Gasteiger partial charge is 0.308 e. The second-order valence-corrected chi connectivity index (χ2v) is 9.24. The summed E-state index contributed by atoms with van der Waals surface area (Å²) in [6.07, 6.45) is 0.